The van der Waals surface area contributed by atoms with E-state index in [2.05, 4.69) is 10.6 Å². The molecule has 0 radical (unpaired) electrons. The zero-order valence-electron chi connectivity index (χ0n) is 11.5. The van der Waals surface area contributed by atoms with Crippen LogP contribution in [0.3, 0.4) is 0 Å². The van der Waals surface area contributed by atoms with Crippen molar-refractivity contribution in [3.8, 4) is 5.75 Å². The SMILES string of the molecule is O=C(COc1ccc(Cl)cc1Cl)NC[C@@H]1CNCCOC1. The predicted molar refractivity (Wildman–Crippen MR) is 82.1 cm³/mol. The molecular weight excluding hydrogens is 315 g/mol. The highest BCUT2D eigenvalue weighted by atomic mass is 35.5. The number of hydrogen-bond acceptors (Lipinski definition) is 4. The summed E-state index contributed by atoms with van der Waals surface area (Å²) < 4.78 is 10.8. The van der Waals surface area contributed by atoms with E-state index >= 15 is 0 Å². The van der Waals surface area contributed by atoms with Crippen molar-refractivity contribution >= 4 is 29.1 Å². The smallest absolute Gasteiger partial charge is 0.257 e. The van der Waals surface area contributed by atoms with Crippen LogP contribution in [0.4, 0.5) is 0 Å². The minimum atomic E-state index is -0.190. The summed E-state index contributed by atoms with van der Waals surface area (Å²) in [5.41, 5.74) is 0. The fraction of sp³-hybridized carbons (Fsp3) is 0.500. The number of rotatable bonds is 5. The zero-order valence-corrected chi connectivity index (χ0v) is 13.0. The molecule has 5 nitrogen and oxygen atoms in total. The van der Waals surface area contributed by atoms with Crippen LogP contribution >= 0.6 is 23.2 Å². The maximum absolute atomic E-state index is 11.8. The molecule has 1 aliphatic heterocycles. The predicted octanol–water partition coefficient (Wildman–Crippen LogP) is 1.72. The first kappa shape index (κ1) is 16.4. The molecule has 116 valence electrons. The van der Waals surface area contributed by atoms with Crippen molar-refractivity contribution in [2.45, 2.75) is 0 Å². The summed E-state index contributed by atoms with van der Waals surface area (Å²) in [4.78, 5) is 11.8. The van der Waals surface area contributed by atoms with Crippen molar-refractivity contribution in [2.75, 3.05) is 39.5 Å². The highest BCUT2D eigenvalue weighted by Gasteiger charge is 2.14. The van der Waals surface area contributed by atoms with Crippen LogP contribution in [0.2, 0.25) is 10.0 Å². The van der Waals surface area contributed by atoms with Gasteiger partial charge in [-0.05, 0) is 18.2 Å². The van der Waals surface area contributed by atoms with Crippen molar-refractivity contribution < 1.29 is 14.3 Å². The third-order valence-corrected chi connectivity index (χ3v) is 3.58. The van der Waals surface area contributed by atoms with Gasteiger partial charge in [0.15, 0.2) is 6.61 Å². The van der Waals surface area contributed by atoms with Gasteiger partial charge in [0.1, 0.15) is 5.75 Å². The molecule has 1 aromatic carbocycles. The van der Waals surface area contributed by atoms with Gasteiger partial charge >= 0.3 is 0 Å². The molecule has 1 amide bonds. The van der Waals surface area contributed by atoms with Gasteiger partial charge in [-0.25, -0.2) is 0 Å². The molecule has 1 aliphatic rings. The Morgan fingerprint density at radius 1 is 1.48 bits per heavy atom. The maximum Gasteiger partial charge on any atom is 0.257 e. The van der Waals surface area contributed by atoms with E-state index in [1.54, 1.807) is 18.2 Å². The Morgan fingerprint density at radius 2 is 2.33 bits per heavy atom. The summed E-state index contributed by atoms with van der Waals surface area (Å²) in [5, 5.41) is 6.99. The van der Waals surface area contributed by atoms with E-state index in [1.807, 2.05) is 0 Å². The first-order chi connectivity index (χ1) is 10.1. The largest absolute Gasteiger partial charge is 0.482 e. The van der Waals surface area contributed by atoms with Crippen LogP contribution < -0.4 is 15.4 Å². The second kappa shape index (κ2) is 8.44. The molecule has 1 atom stereocenters. The lowest BCUT2D eigenvalue weighted by molar-refractivity contribution is -0.123. The van der Waals surface area contributed by atoms with Crippen molar-refractivity contribution in [1.29, 1.82) is 0 Å². The first-order valence-corrected chi connectivity index (χ1v) is 7.54. The Bertz CT molecular complexity index is 477. The standard InChI is InChI=1S/C14H18Cl2N2O3/c15-11-1-2-13(12(16)5-11)21-9-14(19)18-7-10-6-17-3-4-20-8-10/h1-2,5,10,17H,3-4,6-9H2,(H,18,19)/t10-/m0/s1. The number of carbonyl (C=O) groups is 1. The third-order valence-electron chi connectivity index (χ3n) is 3.05. The average Bonchev–Trinajstić information content (AvgIpc) is 2.73. The Labute approximate surface area is 133 Å². The number of carbonyl (C=O) groups excluding carboxylic acids is 1. The lowest BCUT2D eigenvalue weighted by Gasteiger charge is -2.15. The molecule has 1 heterocycles. The topological polar surface area (TPSA) is 59.6 Å². The molecule has 0 spiro atoms. The summed E-state index contributed by atoms with van der Waals surface area (Å²) >= 11 is 11.8. The molecular formula is C14H18Cl2N2O3. The molecule has 21 heavy (non-hydrogen) atoms. The van der Waals surface area contributed by atoms with Gasteiger partial charge in [0.05, 0.1) is 18.2 Å². The molecule has 2 N–H and O–H groups in total. The van der Waals surface area contributed by atoms with Crippen LogP contribution in [0.5, 0.6) is 5.75 Å². The van der Waals surface area contributed by atoms with Gasteiger partial charge in [-0.3, -0.25) is 4.79 Å². The molecule has 1 aromatic rings. The maximum atomic E-state index is 11.8. The number of hydrogen-bond donors (Lipinski definition) is 2. The molecule has 0 aliphatic carbocycles. The van der Waals surface area contributed by atoms with Crippen LogP contribution in [-0.4, -0.2) is 45.4 Å². The van der Waals surface area contributed by atoms with E-state index < -0.39 is 0 Å². The Morgan fingerprint density at radius 3 is 3.14 bits per heavy atom. The van der Waals surface area contributed by atoms with E-state index in [0.717, 1.165) is 13.1 Å². The van der Waals surface area contributed by atoms with Gasteiger partial charge in [-0.2, -0.15) is 0 Å². The monoisotopic (exact) mass is 332 g/mol. The second-order valence-electron chi connectivity index (χ2n) is 4.81. The summed E-state index contributed by atoms with van der Waals surface area (Å²) in [5.74, 6) is 0.525. The van der Waals surface area contributed by atoms with Crippen LogP contribution in [0.1, 0.15) is 0 Å². The van der Waals surface area contributed by atoms with Crippen LogP contribution in [0.15, 0.2) is 18.2 Å². The lowest BCUT2D eigenvalue weighted by Crippen LogP contribution is -2.37. The van der Waals surface area contributed by atoms with E-state index in [9.17, 15) is 4.79 Å². The highest BCUT2D eigenvalue weighted by Crippen LogP contribution is 2.27. The summed E-state index contributed by atoms with van der Waals surface area (Å²) in [6.07, 6.45) is 0. The summed E-state index contributed by atoms with van der Waals surface area (Å²) in [6.45, 7) is 3.53. The molecule has 0 aromatic heterocycles. The van der Waals surface area contributed by atoms with Gasteiger partial charge in [-0.15, -0.1) is 0 Å². The van der Waals surface area contributed by atoms with E-state index in [-0.39, 0.29) is 18.4 Å². The summed E-state index contributed by atoms with van der Waals surface area (Å²) in [7, 11) is 0. The van der Waals surface area contributed by atoms with Crippen LogP contribution in [-0.2, 0) is 9.53 Å². The number of ether oxygens (including phenoxy) is 2. The molecule has 0 bridgehead atoms. The molecule has 0 saturated carbocycles. The summed E-state index contributed by atoms with van der Waals surface area (Å²) in [6, 6.07) is 4.88. The fourth-order valence-electron chi connectivity index (χ4n) is 1.94. The second-order valence-corrected chi connectivity index (χ2v) is 5.66. The number of amides is 1. The minimum absolute atomic E-state index is 0.0810. The van der Waals surface area contributed by atoms with Gasteiger partial charge in [-0.1, -0.05) is 23.2 Å². The lowest BCUT2D eigenvalue weighted by atomic mass is 10.1. The number of halogens is 2. The van der Waals surface area contributed by atoms with Crippen molar-refractivity contribution in [3.05, 3.63) is 28.2 Å². The Balaban J connectivity index is 1.71. The van der Waals surface area contributed by atoms with Crippen LogP contribution in [0.25, 0.3) is 0 Å². The molecule has 2 rings (SSSR count). The number of benzene rings is 1. The molecule has 1 fully saturated rings. The van der Waals surface area contributed by atoms with Gasteiger partial charge in [0, 0.05) is 30.6 Å². The fourth-order valence-corrected chi connectivity index (χ4v) is 2.40. The van der Waals surface area contributed by atoms with Crippen molar-refractivity contribution in [2.24, 2.45) is 5.92 Å². The van der Waals surface area contributed by atoms with Crippen molar-refractivity contribution in [1.82, 2.24) is 10.6 Å². The van der Waals surface area contributed by atoms with Gasteiger partial charge in [0.2, 0.25) is 0 Å². The van der Waals surface area contributed by atoms with E-state index in [4.69, 9.17) is 32.7 Å². The van der Waals surface area contributed by atoms with E-state index in [0.29, 0.717) is 35.6 Å². The average molecular weight is 333 g/mol. The molecule has 1 saturated heterocycles. The third kappa shape index (κ3) is 5.71. The number of nitrogens with one attached hydrogen (secondary N) is 2. The van der Waals surface area contributed by atoms with Gasteiger partial charge in [0.25, 0.3) is 5.91 Å². The van der Waals surface area contributed by atoms with E-state index in [1.165, 1.54) is 0 Å². The zero-order chi connectivity index (χ0) is 15.1. The molecule has 7 heteroatoms. The first-order valence-electron chi connectivity index (χ1n) is 6.78. The normalized spacial score (nSPS) is 18.9. The highest BCUT2D eigenvalue weighted by molar-refractivity contribution is 6.35. The Kier molecular flexibility index (Phi) is 6.57. The van der Waals surface area contributed by atoms with Crippen molar-refractivity contribution in [3.63, 3.8) is 0 Å². The molecule has 0 unspecified atom stereocenters. The Hall–Kier alpha value is -1.01. The van der Waals surface area contributed by atoms with Gasteiger partial charge < -0.3 is 20.1 Å². The van der Waals surface area contributed by atoms with Crippen LogP contribution in [0, 0.1) is 5.92 Å². The quantitative estimate of drug-likeness (QED) is 0.862. The minimum Gasteiger partial charge on any atom is -0.482 e.